The molecule has 0 saturated heterocycles. The standard InChI is InChI=1S/C17H17FN2O/c18-13-8-6-12(7-9-13)11-17(21)20-16-5-1-4-15-14(16)3-2-10-19-15/h1,4-9,19H,2-3,10-11H2,(H,20,21). The molecule has 3 nitrogen and oxygen atoms in total. The summed E-state index contributed by atoms with van der Waals surface area (Å²) in [6.07, 6.45) is 2.28. The minimum atomic E-state index is -0.289. The van der Waals surface area contributed by atoms with Gasteiger partial charge in [0.1, 0.15) is 5.82 Å². The first-order valence-corrected chi connectivity index (χ1v) is 7.12. The molecule has 0 fully saturated rings. The number of fused-ring (bicyclic) bond motifs is 1. The Kier molecular flexibility index (Phi) is 3.86. The highest BCUT2D eigenvalue weighted by molar-refractivity contribution is 5.94. The third kappa shape index (κ3) is 3.21. The topological polar surface area (TPSA) is 41.1 Å². The smallest absolute Gasteiger partial charge is 0.228 e. The maximum Gasteiger partial charge on any atom is 0.228 e. The van der Waals surface area contributed by atoms with E-state index in [9.17, 15) is 9.18 Å². The fraction of sp³-hybridized carbons (Fsp3) is 0.235. The van der Waals surface area contributed by atoms with Crippen molar-refractivity contribution in [1.29, 1.82) is 0 Å². The molecule has 0 radical (unpaired) electrons. The van der Waals surface area contributed by atoms with Gasteiger partial charge >= 0.3 is 0 Å². The molecule has 0 atom stereocenters. The number of rotatable bonds is 3. The Labute approximate surface area is 123 Å². The lowest BCUT2D eigenvalue weighted by molar-refractivity contribution is -0.115. The van der Waals surface area contributed by atoms with Gasteiger partial charge in [-0.1, -0.05) is 18.2 Å². The average molecular weight is 284 g/mol. The molecule has 0 bridgehead atoms. The molecule has 108 valence electrons. The summed E-state index contributed by atoms with van der Waals surface area (Å²) in [5, 5.41) is 6.30. The lowest BCUT2D eigenvalue weighted by Crippen LogP contribution is -2.18. The van der Waals surface area contributed by atoms with Gasteiger partial charge in [-0.05, 0) is 48.2 Å². The van der Waals surface area contributed by atoms with Crippen LogP contribution in [0.5, 0.6) is 0 Å². The Morgan fingerprint density at radius 3 is 2.81 bits per heavy atom. The molecule has 2 aromatic rings. The van der Waals surface area contributed by atoms with Crippen molar-refractivity contribution in [2.75, 3.05) is 17.2 Å². The van der Waals surface area contributed by atoms with Crippen LogP contribution in [0.1, 0.15) is 17.5 Å². The molecule has 2 aromatic carbocycles. The summed E-state index contributed by atoms with van der Waals surface area (Å²) in [7, 11) is 0. The molecule has 0 saturated carbocycles. The van der Waals surface area contributed by atoms with E-state index in [2.05, 4.69) is 10.6 Å². The first-order chi connectivity index (χ1) is 10.2. The lowest BCUT2D eigenvalue weighted by Gasteiger charge is -2.21. The number of amides is 1. The molecular weight excluding hydrogens is 267 g/mol. The SMILES string of the molecule is O=C(Cc1ccc(F)cc1)Nc1cccc2c1CCCN2. The summed E-state index contributed by atoms with van der Waals surface area (Å²) < 4.78 is 12.9. The highest BCUT2D eigenvalue weighted by atomic mass is 19.1. The molecule has 2 N–H and O–H groups in total. The predicted octanol–water partition coefficient (Wildman–Crippen LogP) is 3.37. The Morgan fingerprint density at radius 2 is 2.00 bits per heavy atom. The van der Waals surface area contributed by atoms with E-state index in [1.165, 1.54) is 12.1 Å². The van der Waals surface area contributed by atoms with Crippen LogP contribution in [0.2, 0.25) is 0 Å². The van der Waals surface area contributed by atoms with Gasteiger partial charge in [0.25, 0.3) is 0 Å². The lowest BCUT2D eigenvalue weighted by atomic mass is 10.0. The monoisotopic (exact) mass is 284 g/mol. The van der Waals surface area contributed by atoms with Gasteiger partial charge in [-0.25, -0.2) is 4.39 Å². The van der Waals surface area contributed by atoms with Crippen LogP contribution in [0.25, 0.3) is 0 Å². The van der Waals surface area contributed by atoms with Crippen LogP contribution in [0.4, 0.5) is 15.8 Å². The van der Waals surface area contributed by atoms with Gasteiger partial charge in [-0.3, -0.25) is 4.79 Å². The van der Waals surface area contributed by atoms with E-state index in [1.54, 1.807) is 12.1 Å². The summed E-state index contributed by atoms with van der Waals surface area (Å²) in [5.74, 6) is -0.372. The average Bonchev–Trinajstić information content (AvgIpc) is 2.50. The van der Waals surface area contributed by atoms with E-state index in [4.69, 9.17) is 0 Å². The normalized spacial score (nSPS) is 13.2. The molecule has 21 heavy (non-hydrogen) atoms. The molecule has 1 aliphatic rings. The summed E-state index contributed by atoms with van der Waals surface area (Å²) >= 11 is 0. The van der Waals surface area contributed by atoms with Gasteiger partial charge in [0, 0.05) is 17.9 Å². The number of halogens is 1. The molecule has 1 amide bonds. The Morgan fingerprint density at radius 1 is 1.19 bits per heavy atom. The Balaban J connectivity index is 1.71. The van der Waals surface area contributed by atoms with Gasteiger partial charge in [0.05, 0.1) is 6.42 Å². The molecule has 0 aliphatic carbocycles. The molecule has 1 aliphatic heterocycles. The predicted molar refractivity (Wildman–Crippen MR) is 82.0 cm³/mol. The fourth-order valence-corrected chi connectivity index (χ4v) is 2.61. The third-order valence-electron chi connectivity index (χ3n) is 3.65. The van der Waals surface area contributed by atoms with Gasteiger partial charge in [0.15, 0.2) is 0 Å². The number of anilines is 2. The summed E-state index contributed by atoms with van der Waals surface area (Å²) in [6, 6.07) is 11.9. The minimum Gasteiger partial charge on any atom is -0.385 e. The summed E-state index contributed by atoms with van der Waals surface area (Å²) in [6.45, 7) is 0.972. The first kappa shape index (κ1) is 13.6. The number of hydrogen-bond donors (Lipinski definition) is 2. The maximum atomic E-state index is 12.9. The second-order valence-electron chi connectivity index (χ2n) is 5.21. The Hall–Kier alpha value is -2.36. The van der Waals surface area contributed by atoms with E-state index in [0.29, 0.717) is 0 Å². The molecule has 0 spiro atoms. The highest BCUT2D eigenvalue weighted by Crippen LogP contribution is 2.28. The number of carbonyl (C=O) groups is 1. The summed E-state index contributed by atoms with van der Waals surface area (Å²) in [4.78, 5) is 12.1. The van der Waals surface area contributed by atoms with Gasteiger partial charge in [0.2, 0.25) is 5.91 Å². The van der Waals surface area contributed by atoms with E-state index in [1.807, 2.05) is 18.2 Å². The molecule has 4 heteroatoms. The van der Waals surface area contributed by atoms with Crippen LogP contribution in [-0.4, -0.2) is 12.5 Å². The van der Waals surface area contributed by atoms with E-state index >= 15 is 0 Å². The van der Waals surface area contributed by atoms with E-state index < -0.39 is 0 Å². The van der Waals surface area contributed by atoms with Gasteiger partial charge in [-0.15, -0.1) is 0 Å². The molecule has 1 heterocycles. The molecular formula is C17H17FN2O. The molecule has 0 unspecified atom stereocenters. The van der Waals surface area contributed by atoms with Gasteiger partial charge in [-0.2, -0.15) is 0 Å². The third-order valence-corrected chi connectivity index (χ3v) is 3.65. The van der Waals surface area contributed by atoms with E-state index in [0.717, 1.165) is 41.9 Å². The van der Waals surface area contributed by atoms with E-state index in [-0.39, 0.29) is 18.1 Å². The van der Waals surface area contributed by atoms with Crippen molar-refractivity contribution < 1.29 is 9.18 Å². The quantitative estimate of drug-likeness (QED) is 0.907. The molecule has 0 aromatic heterocycles. The molecule has 3 rings (SSSR count). The zero-order chi connectivity index (χ0) is 14.7. The zero-order valence-corrected chi connectivity index (χ0v) is 11.7. The zero-order valence-electron chi connectivity index (χ0n) is 11.7. The van der Waals surface area contributed by atoms with Crippen molar-refractivity contribution in [3.8, 4) is 0 Å². The second kappa shape index (κ2) is 5.95. The van der Waals surface area contributed by atoms with Crippen molar-refractivity contribution >= 4 is 17.3 Å². The van der Waals surface area contributed by atoms with Crippen LogP contribution < -0.4 is 10.6 Å². The van der Waals surface area contributed by atoms with Crippen LogP contribution >= 0.6 is 0 Å². The van der Waals surface area contributed by atoms with Crippen LogP contribution in [0.15, 0.2) is 42.5 Å². The van der Waals surface area contributed by atoms with Crippen molar-refractivity contribution in [1.82, 2.24) is 0 Å². The number of nitrogens with one attached hydrogen (secondary N) is 2. The van der Waals surface area contributed by atoms with Crippen LogP contribution in [-0.2, 0) is 17.6 Å². The van der Waals surface area contributed by atoms with Crippen molar-refractivity contribution in [3.05, 3.63) is 59.4 Å². The van der Waals surface area contributed by atoms with Crippen LogP contribution in [0, 0.1) is 5.82 Å². The number of benzene rings is 2. The van der Waals surface area contributed by atoms with Crippen molar-refractivity contribution in [2.24, 2.45) is 0 Å². The second-order valence-corrected chi connectivity index (χ2v) is 5.21. The number of hydrogen-bond acceptors (Lipinski definition) is 2. The Bertz CT molecular complexity index is 652. The minimum absolute atomic E-state index is 0.0828. The first-order valence-electron chi connectivity index (χ1n) is 7.12. The number of carbonyl (C=O) groups excluding carboxylic acids is 1. The van der Waals surface area contributed by atoms with Crippen molar-refractivity contribution in [2.45, 2.75) is 19.3 Å². The van der Waals surface area contributed by atoms with Gasteiger partial charge < -0.3 is 10.6 Å². The van der Waals surface area contributed by atoms with Crippen molar-refractivity contribution in [3.63, 3.8) is 0 Å². The summed E-state index contributed by atoms with van der Waals surface area (Å²) in [5.41, 5.74) is 3.93. The van der Waals surface area contributed by atoms with Crippen LogP contribution in [0.3, 0.4) is 0 Å². The fourth-order valence-electron chi connectivity index (χ4n) is 2.61. The highest BCUT2D eigenvalue weighted by Gasteiger charge is 2.14. The largest absolute Gasteiger partial charge is 0.385 e. The maximum absolute atomic E-state index is 12.9.